The van der Waals surface area contributed by atoms with Crippen LogP contribution >= 0.6 is 0 Å². The van der Waals surface area contributed by atoms with Gasteiger partial charge in [-0.3, -0.25) is 14.3 Å². The van der Waals surface area contributed by atoms with Crippen molar-refractivity contribution < 1.29 is 20.1 Å². The minimum absolute atomic E-state index is 0. The van der Waals surface area contributed by atoms with Crippen LogP contribution in [0.4, 0.5) is 15.9 Å². The molecule has 0 radical (unpaired) electrons. The third-order valence-electron chi connectivity index (χ3n) is 5.96. The van der Waals surface area contributed by atoms with Crippen LogP contribution in [0.2, 0.25) is 0 Å². The number of amides is 2. The molecule has 4 heterocycles. The smallest absolute Gasteiger partial charge is 0.274 e. The van der Waals surface area contributed by atoms with E-state index in [9.17, 15) is 14.0 Å². The summed E-state index contributed by atoms with van der Waals surface area (Å²) >= 11 is 0. The Balaban J connectivity index is 0.00000289. The second-order valence-corrected chi connectivity index (χ2v) is 8.28. The Hall–Kier alpha value is -3.57. The zero-order valence-electron chi connectivity index (χ0n) is 18.7. The van der Waals surface area contributed by atoms with Crippen LogP contribution in [0.1, 0.15) is 11.9 Å². The molecule has 2 aliphatic heterocycles. The van der Waals surface area contributed by atoms with E-state index in [0.717, 1.165) is 13.1 Å². The number of carbonyl (C=O) groups is 2. The SMILES string of the molecule is O=C(Nc1cc2cn(CC(=O)N3CCNCC3)nc2cc1F)c1cccc(N2CCOCC2)n1.[HH]. The highest BCUT2D eigenvalue weighted by Crippen LogP contribution is 2.23. The fourth-order valence-electron chi connectivity index (χ4n) is 4.13. The van der Waals surface area contributed by atoms with Gasteiger partial charge in [-0.15, -0.1) is 0 Å². The lowest BCUT2D eigenvalue weighted by Crippen LogP contribution is -2.47. The number of morpholine rings is 1. The molecule has 0 saturated carbocycles. The minimum Gasteiger partial charge on any atom is -0.378 e. The van der Waals surface area contributed by atoms with Gasteiger partial charge in [-0.2, -0.15) is 5.10 Å². The number of hydrogen-bond donors (Lipinski definition) is 2. The van der Waals surface area contributed by atoms with Crippen LogP contribution in [0.15, 0.2) is 36.5 Å². The van der Waals surface area contributed by atoms with Crippen molar-refractivity contribution in [2.24, 2.45) is 0 Å². The van der Waals surface area contributed by atoms with Gasteiger partial charge in [0, 0.05) is 58.3 Å². The molecule has 2 aliphatic rings. The summed E-state index contributed by atoms with van der Waals surface area (Å²) in [5.74, 6) is -0.463. The summed E-state index contributed by atoms with van der Waals surface area (Å²) < 4.78 is 21.6. The number of piperazine rings is 1. The number of nitrogens with zero attached hydrogens (tertiary/aromatic N) is 5. The van der Waals surface area contributed by atoms with Crippen molar-refractivity contribution >= 4 is 34.2 Å². The van der Waals surface area contributed by atoms with E-state index >= 15 is 0 Å². The molecule has 0 atom stereocenters. The first-order chi connectivity index (χ1) is 16.6. The van der Waals surface area contributed by atoms with E-state index in [0.29, 0.717) is 56.1 Å². The molecule has 2 aromatic heterocycles. The first-order valence-electron chi connectivity index (χ1n) is 11.3. The maximum Gasteiger partial charge on any atom is 0.274 e. The van der Waals surface area contributed by atoms with Crippen LogP contribution in [0.3, 0.4) is 0 Å². The van der Waals surface area contributed by atoms with E-state index in [2.05, 4.69) is 20.7 Å². The number of hydrogen-bond acceptors (Lipinski definition) is 7. The van der Waals surface area contributed by atoms with Gasteiger partial charge in [0.2, 0.25) is 5.91 Å². The molecule has 10 nitrogen and oxygen atoms in total. The Morgan fingerprint density at radius 1 is 1.15 bits per heavy atom. The lowest BCUT2D eigenvalue weighted by atomic mass is 10.2. The van der Waals surface area contributed by atoms with Gasteiger partial charge in [-0.05, 0) is 18.2 Å². The van der Waals surface area contributed by atoms with E-state index in [1.54, 1.807) is 23.2 Å². The molecular formula is C23H28FN7O3. The highest BCUT2D eigenvalue weighted by molar-refractivity contribution is 6.04. The second kappa shape index (κ2) is 9.74. The minimum atomic E-state index is -0.608. The Kier molecular flexibility index (Phi) is 6.37. The lowest BCUT2D eigenvalue weighted by molar-refractivity contribution is -0.132. The number of benzene rings is 1. The number of halogens is 1. The van der Waals surface area contributed by atoms with E-state index in [1.165, 1.54) is 16.8 Å². The molecule has 34 heavy (non-hydrogen) atoms. The maximum atomic E-state index is 14.7. The number of pyridine rings is 1. The Labute approximate surface area is 197 Å². The van der Waals surface area contributed by atoms with Crippen molar-refractivity contribution in [3.05, 3.63) is 48.0 Å². The van der Waals surface area contributed by atoms with Gasteiger partial charge in [0.05, 0.1) is 24.4 Å². The standard InChI is InChI=1S/C23H26FN7O3.H2/c24-17-13-19-16(14-31(28-19)15-22(32)30-6-4-25-5-7-30)12-20(17)27-23(33)18-2-1-3-21(26-18)29-8-10-34-11-9-29;/h1-3,12-14,25H,4-11,15H2,(H,27,33);1H. The molecule has 2 saturated heterocycles. The van der Waals surface area contributed by atoms with Crippen LogP contribution < -0.4 is 15.5 Å². The maximum absolute atomic E-state index is 14.7. The second-order valence-electron chi connectivity index (χ2n) is 8.28. The van der Waals surface area contributed by atoms with E-state index in [1.807, 2.05) is 11.0 Å². The Morgan fingerprint density at radius 3 is 2.74 bits per heavy atom. The summed E-state index contributed by atoms with van der Waals surface area (Å²) in [6, 6.07) is 7.97. The van der Waals surface area contributed by atoms with Crippen LogP contribution in [0, 0.1) is 5.82 Å². The first kappa shape index (κ1) is 22.2. The lowest BCUT2D eigenvalue weighted by Gasteiger charge is -2.27. The number of nitrogens with one attached hydrogen (secondary N) is 2. The molecule has 0 bridgehead atoms. The van der Waals surface area contributed by atoms with Gasteiger partial charge in [-0.1, -0.05) is 6.07 Å². The third-order valence-corrected chi connectivity index (χ3v) is 5.96. The fraction of sp³-hybridized carbons (Fsp3) is 0.391. The van der Waals surface area contributed by atoms with Crippen LogP contribution in [0.25, 0.3) is 10.9 Å². The normalized spacial score (nSPS) is 16.6. The van der Waals surface area contributed by atoms with E-state index < -0.39 is 11.7 Å². The van der Waals surface area contributed by atoms with Gasteiger partial charge < -0.3 is 25.2 Å². The molecule has 3 aromatic rings. The molecule has 2 fully saturated rings. The van der Waals surface area contributed by atoms with Crippen molar-refractivity contribution in [3.8, 4) is 0 Å². The number of rotatable bonds is 5. The van der Waals surface area contributed by atoms with Gasteiger partial charge in [-0.25, -0.2) is 9.37 Å². The number of fused-ring (bicyclic) bond motifs is 1. The van der Waals surface area contributed by atoms with Crippen LogP contribution in [-0.4, -0.2) is 84.0 Å². The largest absolute Gasteiger partial charge is 0.378 e. The summed E-state index contributed by atoms with van der Waals surface area (Å²) in [5.41, 5.74) is 0.640. The van der Waals surface area contributed by atoms with E-state index in [-0.39, 0.29) is 25.3 Å². The monoisotopic (exact) mass is 469 g/mol. The Morgan fingerprint density at radius 2 is 1.94 bits per heavy atom. The first-order valence-corrected chi connectivity index (χ1v) is 11.3. The van der Waals surface area contributed by atoms with Crippen molar-refractivity contribution in [1.82, 2.24) is 25.0 Å². The van der Waals surface area contributed by atoms with Crippen molar-refractivity contribution in [3.63, 3.8) is 0 Å². The number of ether oxygens (including phenoxy) is 1. The molecule has 2 N–H and O–H groups in total. The molecule has 2 amide bonds. The molecule has 180 valence electrons. The van der Waals surface area contributed by atoms with E-state index in [4.69, 9.17) is 4.74 Å². The van der Waals surface area contributed by atoms with Crippen molar-refractivity contribution in [2.75, 3.05) is 62.7 Å². The molecule has 5 rings (SSSR count). The summed E-state index contributed by atoms with van der Waals surface area (Å²) in [5, 5.41) is 10.8. The number of anilines is 2. The molecule has 11 heteroatoms. The summed E-state index contributed by atoms with van der Waals surface area (Å²) in [4.78, 5) is 33.6. The highest BCUT2D eigenvalue weighted by atomic mass is 19.1. The average Bonchev–Trinajstić information content (AvgIpc) is 3.26. The van der Waals surface area contributed by atoms with Gasteiger partial charge in [0.15, 0.2) is 0 Å². The number of aromatic nitrogens is 3. The van der Waals surface area contributed by atoms with Crippen molar-refractivity contribution in [2.45, 2.75) is 6.54 Å². The molecule has 0 spiro atoms. The third kappa shape index (κ3) is 4.85. The van der Waals surface area contributed by atoms with Crippen LogP contribution in [0.5, 0.6) is 0 Å². The summed E-state index contributed by atoms with van der Waals surface area (Å²) in [7, 11) is 0. The molecule has 0 unspecified atom stereocenters. The predicted octanol–water partition coefficient (Wildman–Crippen LogP) is 1.34. The summed E-state index contributed by atoms with van der Waals surface area (Å²) in [6.45, 7) is 5.55. The van der Waals surface area contributed by atoms with Crippen LogP contribution in [-0.2, 0) is 16.1 Å². The predicted molar refractivity (Wildman–Crippen MR) is 126 cm³/mol. The fourth-order valence-corrected chi connectivity index (χ4v) is 4.13. The average molecular weight is 470 g/mol. The Bertz CT molecular complexity index is 1210. The van der Waals surface area contributed by atoms with Gasteiger partial charge >= 0.3 is 0 Å². The van der Waals surface area contributed by atoms with Gasteiger partial charge in [0.25, 0.3) is 5.91 Å². The van der Waals surface area contributed by atoms with Crippen molar-refractivity contribution in [1.29, 1.82) is 0 Å². The quantitative estimate of drug-likeness (QED) is 0.581. The zero-order chi connectivity index (χ0) is 23.5. The topological polar surface area (TPSA) is 105 Å². The molecular weight excluding hydrogens is 441 g/mol. The summed E-state index contributed by atoms with van der Waals surface area (Å²) in [6.07, 6.45) is 1.68. The highest BCUT2D eigenvalue weighted by Gasteiger charge is 2.19. The molecule has 0 aliphatic carbocycles. The zero-order valence-corrected chi connectivity index (χ0v) is 18.7. The van der Waals surface area contributed by atoms with Gasteiger partial charge in [0.1, 0.15) is 23.9 Å². The molecule has 1 aromatic carbocycles. The number of carbonyl (C=O) groups excluding carboxylic acids is 2.